The summed E-state index contributed by atoms with van der Waals surface area (Å²) >= 11 is 0. The number of methoxy groups -OCH3 is 1. The van der Waals surface area contributed by atoms with Crippen molar-refractivity contribution in [3.05, 3.63) is 71.4 Å². The average molecular weight is 402 g/mol. The van der Waals surface area contributed by atoms with Gasteiger partial charge in [-0.2, -0.15) is 0 Å². The highest BCUT2D eigenvalue weighted by atomic mass is 16.5. The van der Waals surface area contributed by atoms with Gasteiger partial charge in [0.1, 0.15) is 17.6 Å². The number of anilines is 2. The molecule has 0 spiro atoms. The van der Waals surface area contributed by atoms with Crippen LogP contribution in [0, 0.1) is 0 Å². The molecule has 1 fully saturated rings. The number of aromatic amines is 1. The van der Waals surface area contributed by atoms with Gasteiger partial charge in [0, 0.05) is 26.2 Å². The molecule has 4 aromatic rings. The lowest BCUT2D eigenvalue weighted by atomic mass is 10.2. The molecule has 1 N–H and O–H groups in total. The predicted octanol–water partition coefficient (Wildman–Crippen LogP) is 2.44. The molecule has 0 amide bonds. The number of ether oxygens (including phenoxy) is 1. The Morgan fingerprint density at radius 3 is 2.37 bits per heavy atom. The Balaban J connectivity index is 1.45. The molecular weight excluding hydrogens is 380 g/mol. The summed E-state index contributed by atoms with van der Waals surface area (Å²) in [4.78, 5) is 29.0. The topological polar surface area (TPSA) is 79.3 Å². The van der Waals surface area contributed by atoms with Crippen molar-refractivity contribution >= 4 is 22.7 Å². The molecule has 8 heteroatoms. The molecule has 152 valence electrons. The molecule has 3 heterocycles. The van der Waals surface area contributed by atoms with Gasteiger partial charge in [-0.3, -0.25) is 0 Å². The van der Waals surface area contributed by atoms with Crippen LogP contribution in [0.25, 0.3) is 16.9 Å². The summed E-state index contributed by atoms with van der Waals surface area (Å²) in [6, 6.07) is 17.6. The minimum absolute atomic E-state index is 0.217. The summed E-state index contributed by atoms with van der Waals surface area (Å²) < 4.78 is 7.10. The second-order valence-corrected chi connectivity index (χ2v) is 7.14. The van der Waals surface area contributed by atoms with E-state index in [-0.39, 0.29) is 5.69 Å². The van der Waals surface area contributed by atoms with E-state index in [1.54, 1.807) is 11.7 Å². The van der Waals surface area contributed by atoms with E-state index in [2.05, 4.69) is 30.8 Å². The normalized spacial score (nSPS) is 14.3. The first-order chi connectivity index (χ1) is 14.8. The van der Waals surface area contributed by atoms with Gasteiger partial charge in [0.25, 0.3) is 0 Å². The lowest BCUT2D eigenvalue weighted by Crippen LogP contribution is -2.47. The van der Waals surface area contributed by atoms with Gasteiger partial charge in [0.05, 0.1) is 18.5 Å². The summed E-state index contributed by atoms with van der Waals surface area (Å²) in [6.07, 6.45) is 1.52. The molecule has 2 aromatic carbocycles. The van der Waals surface area contributed by atoms with E-state index in [1.165, 1.54) is 6.33 Å². The first kappa shape index (κ1) is 18.2. The van der Waals surface area contributed by atoms with Crippen LogP contribution in [-0.2, 0) is 0 Å². The second kappa shape index (κ2) is 7.55. The van der Waals surface area contributed by atoms with Crippen LogP contribution in [0.5, 0.6) is 5.75 Å². The van der Waals surface area contributed by atoms with Crippen molar-refractivity contribution < 1.29 is 4.74 Å². The Morgan fingerprint density at radius 2 is 1.60 bits per heavy atom. The third-order valence-corrected chi connectivity index (χ3v) is 5.47. The number of piperazine rings is 1. The number of hydrogen-bond donors (Lipinski definition) is 1. The van der Waals surface area contributed by atoms with Crippen molar-refractivity contribution in [3.8, 4) is 11.4 Å². The number of aromatic nitrogens is 4. The number of imidazole rings is 1. The molecule has 0 unspecified atom stereocenters. The van der Waals surface area contributed by atoms with Gasteiger partial charge in [-0.15, -0.1) is 0 Å². The van der Waals surface area contributed by atoms with Gasteiger partial charge in [-0.25, -0.2) is 19.3 Å². The summed E-state index contributed by atoms with van der Waals surface area (Å²) in [5.74, 6) is 1.63. The SMILES string of the molecule is COc1ccccc1N1CCN(c2ncnc3c2[nH]c(=O)n3-c2ccccc2)CC1. The van der Waals surface area contributed by atoms with Gasteiger partial charge in [-0.1, -0.05) is 30.3 Å². The van der Waals surface area contributed by atoms with Crippen LogP contribution >= 0.6 is 0 Å². The molecule has 30 heavy (non-hydrogen) atoms. The van der Waals surface area contributed by atoms with E-state index in [4.69, 9.17) is 4.74 Å². The molecule has 0 atom stereocenters. The van der Waals surface area contributed by atoms with Crippen LogP contribution in [-0.4, -0.2) is 52.8 Å². The lowest BCUT2D eigenvalue weighted by molar-refractivity contribution is 0.413. The van der Waals surface area contributed by atoms with E-state index in [1.807, 2.05) is 48.5 Å². The Hall–Kier alpha value is -3.81. The Kier molecular flexibility index (Phi) is 4.59. The molecule has 0 bridgehead atoms. The lowest BCUT2D eigenvalue weighted by Gasteiger charge is -2.37. The summed E-state index contributed by atoms with van der Waals surface area (Å²) in [5, 5.41) is 0. The third kappa shape index (κ3) is 3.06. The number of nitrogens with zero attached hydrogens (tertiary/aromatic N) is 5. The third-order valence-electron chi connectivity index (χ3n) is 5.47. The molecule has 5 rings (SSSR count). The van der Waals surface area contributed by atoms with E-state index >= 15 is 0 Å². The monoisotopic (exact) mass is 402 g/mol. The van der Waals surface area contributed by atoms with E-state index in [9.17, 15) is 4.79 Å². The van der Waals surface area contributed by atoms with E-state index < -0.39 is 0 Å². The zero-order valence-electron chi connectivity index (χ0n) is 16.7. The standard InChI is InChI=1S/C22H22N6O2/c1-30-18-10-6-5-9-17(18)26-11-13-27(14-12-26)20-19-21(24-15-23-20)28(22(29)25-19)16-7-3-2-4-8-16/h2-10,15H,11-14H2,1H3,(H,25,29). The van der Waals surface area contributed by atoms with Crippen molar-refractivity contribution in [2.75, 3.05) is 43.1 Å². The Bertz CT molecular complexity index is 1230. The van der Waals surface area contributed by atoms with Crippen LogP contribution < -0.4 is 20.2 Å². The molecule has 1 aliphatic rings. The summed E-state index contributed by atoms with van der Waals surface area (Å²) in [6.45, 7) is 3.22. The van der Waals surface area contributed by atoms with Crippen molar-refractivity contribution in [3.63, 3.8) is 0 Å². The molecule has 1 aliphatic heterocycles. The maximum absolute atomic E-state index is 12.7. The molecular formula is C22H22N6O2. The number of para-hydroxylation sites is 3. The molecule has 0 saturated carbocycles. The van der Waals surface area contributed by atoms with Crippen LogP contribution in [0.4, 0.5) is 11.5 Å². The molecule has 0 aliphatic carbocycles. The van der Waals surface area contributed by atoms with Crippen molar-refractivity contribution in [1.82, 2.24) is 19.5 Å². The van der Waals surface area contributed by atoms with Crippen LogP contribution in [0.3, 0.4) is 0 Å². The zero-order chi connectivity index (χ0) is 20.5. The minimum Gasteiger partial charge on any atom is -0.495 e. The fourth-order valence-electron chi connectivity index (χ4n) is 4.01. The van der Waals surface area contributed by atoms with Gasteiger partial charge >= 0.3 is 5.69 Å². The van der Waals surface area contributed by atoms with Crippen molar-refractivity contribution in [1.29, 1.82) is 0 Å². The van der Waals surface area contributed by atoms with Gasteiger partial charge < -0.3 is 19.5 Å². The number of nitrogens with one attached hydrogen (secondary N) is 1. The molecule has 1 saturated heterocycles. The predicted molar refractivity (Wildman–Crippen MR) is 117 cm³/mol. The van der Waals surface area contributed by atoms with Crippen LogP contribution in [0.1, 0.15) is 0 Å². The first-order valence-electron chi connectivity index (χ1n) is 9.90. The fraction of sp³-hybridized carbons (Fsp3) is 0.227. The summed E-state index contributed by atoms with van der Waals surface area (Å²) in [7, 11) is 1.69. The quantitative estimate of drug-likeness (QED) is 0.565. The minimum atomic E-state index is -0.217. The highest BCUT2D eigenvalue weighted by Gasteiger charge is 2.23. The highest BCUT2D eigenvalue weighted by molar-refractivity contribution is 5.84. The Morgan fingerprint density at radius 1 is 0.900 bits per heavy atom. The zero-order valence-corrected chi connectivity index (χ0v) is 16.7. The van der Waals surface area contributed by atoms with Gasteiger partial charge in [0.15, 0.2) is 11.5 Å². The Labute approximate surface area is 173 Å². The largest absolute Gasteiger partial charge is 0.495 e. The van der Waals surface area contributed by atoms with Gasteiger partial charge in [-0.05, 0) is 24.3 Å². The average Bonchev–Trinajstić information content (AvgIpc) is 3.15. The number of rotatable bonds is 4. The van der Waals surface area contributed by atoms with Crippen molar-refractivity contribution in [2.24, 2.45) is 0 Å². The first-order valence-corrected chi connectivity index (χ1v) is 9.90. The maximum Gasteiger partial charge on any atom is 0.332 e. The second-order valence-electron chi connectivity index (χ2n) is 7.14. The summed E-state index contributed by atoms with van der Waals surface area (Å²) in [5.41, 5.74) is 2.90. The maximum atomic E-state index is 12.7. The molecule has 0 radical (unpaired) electrons. The fourth-order valence-corrected chi connectivity index (χ4v) is 4.01. The molecule has 2 aromatic heterocycles. The van der Waals surface area contributed by atoms with Crippen LogP contribution in [0.15, 0.2) is 65.7 Å². The number of hydrogen-bond acceptors (Lipinski definition) is 6. The van der Waals surface area contributed by atoms with Crippen LogP contribution in [0.2, 0.25) is 0 Å². The molecule has 8 nitrogen and oxygen atoms in total. The smallest absolute Gasteiger partial charge is 0.332 e. The number of fused-ring (bicyclic) bond motifs is 1. The number of H-pyrrole nitrogens is 1. The van der Waals surface area contributed by atoms with E-state index in [0.29, 0.717) is 11.2 Å². The number of benzene rings is 2. The van der Waals surface area contributed by atoms with Crippen molar-refractivity contribution in [2.45, 2.75) is 0 Å². The van der Waals surface area contributed by atoms with Gasteiger partial charge in [0.2, 0.25) is 0 Å². The van der Waals surface area contributed by atoms with E-state index in [0.717, 1.165) is 49.1 Å². The highest BCUT2D eigenvalue weighted by Crippen LogP contribution is 2.30.